The second-order valence-corrected chi connectivity index (χ2v) is 9.00. The number of nitrogens with one attached hydrogen (secondary N) is 2. The van der Waals surface area contributed by atoms with Gasteiger partial charge in [0.05, 0.1) is 11.5 Å². The van der Waals surface area contributed by atoms with Gasteiger partial charge in [-0.25, -0.2) is 8.42 Å². The van der Waals surface area contributed by atoms with Gasteiger partial charge in [0.2, 0.25) is 5.91 Å². The Morgan fingerprint density at radius 3 is 2.36 bits per heavy atom. The first-order valence-electron chi connectivity index (χ1n) is 8.98. The van der Waals surface area contributed by atoms with E-state index in [0.717, 1.165) is 5.56 Å². The molecule has 2 aromatic rings. The quantitative estimate of drug-likeness (QED) is 0.718. The highest BCUT2D eigenvalue weighted by Crippen LogP contribution is 2.21. The van der Waals surface area contributed by atoms with Gasteiger partial charge < -0.3 is 4.74 Å². The van der Waals surface area contributed by atoms with Gasteiger partial charge in [0.15, 0.2) is 9.84 Å². The number of hydrazine groups is 1. The molecule has 28 heavy (non-hydrogen) atoms. The van der Waals surface area contributed by atoms with Crippen molar-refractivity contribution in [3.05, 3.63) is 65.7 Å². The minimum atomic E-state index is -3.02. The Morgan fingerprint density at radius 2 is 1.71 bits per heavy atom. The zero-order valence-electron chi connectivity index (χ0n) is 15.3. The van der Waals surface area contributed by atoms with Crippen LogP contribution in [0.2, 0.25) is 0 Å². The van der Waals surface area contributed by atoms with Crippen LogP contribution in [-0.4, -0.2) is 31.7 Å². The number of carbonyl (C=O) groups excluding carboxylic acids is 2. The maximum absolute atomic E-state index is 12.1. The second-order valence-electron chi connectivity index (χ2n) is 6.77. The summed E-state index contributed by atoms with van der Waals surface area (Å²) >= 11 is 0. The average Bonchev–Trinajstić information content (AvgIpc) is 3.04. The fourth-order valence-corrected chi connectivity index (χ4v) is 4.85. The Bertz CT molecular complexity index is 927. The van der Waals surface area contributed by atoms with E-state index in [-0.39, 0.29) is 23.8 Å². The van der Waals surface area contributed by atoms with E-state index in [1.165, 1.54) is 0 Å². The monoisotopic (exact) mass is 402 g/mol. The highest BCUT2D eigenvalue weighted by molar-refractivity contribution is 7.91. The minimum Gasteiger partial charge on any atom is -0.489 e. The molecule has 2 aromatic carbocycles. The maximum Gasteiger partial charge on any atom is 0.269 e. The molecule has 1 fully saturated rings. The van der Waals surface area contributed by atoms with Gasteiger partial charge in [-0.3, -0.25) is 20.4 Å². The van der Waals surface area contributed by atoms with Crippen LogP contribution in [0.25, 0.3) is 0 Å². The van der Waals surface area contributed by atoms with Crippen LogP contribution in [0.5, 0.6) is 5.75 Å². The molecule has 0 aromatic heterocycles. The zero-order chi connectivity index (χ0) is 20.0. The lowest BCUT2D eigenvalue weighted by Gasteiger charge is -2.10. The van der Waals surface area contributed by atoms with Crippen LogP contribution in [0, 0.1) is 5.92 Å². The molecule has 0 saturated carbocycles. The third-order valence-corrected chi connectivity index (χ3v) is 6.32. The van der Waals surface area contributed by atoms with Gasteiger partial charge in [-0.05, 0) is 42.2 Å². The van der Waals surface area contributed by atoms with Crippen LogP contribution >= 0.6 is 0 Å². The van der Waals surface area contributed by atoms with Crippen molar-refractivity contribution in [3.8, 4) is 5.75 Å². The number of sulfone groups is 1. The number of rotatable bonds is 6. The molecule has 1 atom stereocenters. The van der Waals surface area contributed by atoms with Gasteiger partial charge in [-0.15, -0.1) is 0 Å². The molecule has 0 bridgehead atoms. The molecule has 0 unspecified atom stereocenters. The summed E-state index contributed by atoms with van der Waals surface area (Å²) in [6.07, 6.45) is 0.555. The van der Waals surface area contributed by atoms with E-state index in [4.69, 9.17) is 4.74 Å². The number of carbonyl (C=O) groups is 2. The lowest BCUT2D eigenvalue weighted by atomic mass is 10.1. The molecule has 0 aliphatic carbocycles. The van der Waals surface area contributed by atoms with Crippen molar-refractivity contribution >= 4 is 21.7 Å². The molecule has 1 heterocycles. The minimum absolute atomic E-state index is 0.0266. The lowest BCUT2D eigenvalue weighted by molar-refractivity contribution is -0.122. The molecule has 2 N–H and O–H groups in total. The Labute approximate surface area is 164 Å². The molecular weight excluding hydrogens is 380 g/mol. The Kier molecular flexibility index (Phi) is 6.30. The van der Waals surface area contributed by atoms with E-state index < -0.39 is 21.7 Å². The van der Waals surface area contributed by atoms with E-state index >= 15 is 0 Å². The maximum atomic E-state index is 12.1. The Balaban J connectivity index is 1.43. The summed E-state index contributed by atoms with van der Waals surface area (Å²) in [6, 6.07) is 16.3. The third-order valence-electron chi connectivity index (χ3n) is 4.48. The van der Waals surface area contributed by atoms with Crippen molar-refractivity contribution in [3.63, 3.8) is 0 Å². The van der Waals surface area contributed by atoms with E-state index in [1.807, 2.05) is 30.3 Å². The predicted molar refractivity (Wildman–Crippen MR) is 104 cm³/mol. The Morgan fingerprint density at radius 1 is 1.00 bits per heavy atom. The number of hydrogen-bond acceptors (Lipinski definition) is 5. The van der Waals surface area contributed by atoms with Crippen LogP contribution < -0.4 is 15.6 Å². The summed E-state index contributed by atoms with van der Waals surface area (Å²) in [6.45, 7) is 0.430. The smallest absolute Gasteiger partial charge is 0.269 e. The molecule has 2 amide bonds. The van der Waals surface area contributed by atoms with Gasteiger partial charge in [0.25, 0.3) is 5.91 Å². The summed E-state index contributed by atoms with van der Waals surface area (Å²) in [7, 11) is -3.02. The molecule has 7 nitrogen and oxygen atoms in total. The zero-order valence-corrected chi connectivity index (χ0v) is 16.1. The first-order chi connectivity index (χ1) is 13.4. The topological polar surface area (TPSA) is 102 Å². The Hall–Kier alpha value is -2.87. The van der Waals surface area contributed by atoms with Crippen LogP contribution in [0.1, 0.15) is 28.8 Å². The van der Waals surface area contributed by atoms with Crippen LogP contribution in [0.15, 0.2) is 54.6 Å². The van der Waals surface area contributed by atoms with Crippen molar-refractivity contribution in [2.24, 2.45) is 5.92 Å². The first kappa shape index (κ1) is 19.9. The largest absolute Gasteiger partial charge is 0.489 e. The summed E-state index contributed by atoms with van der Waals surface area (Å²) in [5, 5.41) is 0. The van der Waals surface area contributed by atoms with Gasteiger partial charge in [0, 0.05) is 12.0 Å². The summed E-state index contributed by atoms with van der Waals surface area (Å²) < 4.78 is 28.5. The normalized spacial score (nSPS) is 17.6. The summed E-state index contributed by atoms with van der Waals surface area (Å²) in [5.74, 6) is -0.274. The van der Waals surface area contributed by atoms with Crippen molar-refractivity contribution < 1.29 is 22.7 Å². The van der Waals surface area contributed by atoms with Crippen LogP contribution in [0.3, 0.4) is 0 Å². The molecule has 1 saturated heterocycles. The summed E-state index contributed by atoms with van der Waals surface area (Å²) in [5.41, 5.74) is 6.09. The number of ether oxygens (including phenoxy) is 1. The van der Waals surface area contributed by atoms with Gasteiger partial charge >= 0.3 is 0 Å². The highest BCUT2D eigenvalue weighted by Gasteiger charge is 2.29. The van der Waals surface area contributed by atoms with Crippen molar-refractivity contribution in [1.82, 2.24) is 10.9 Å². The molecule has 0 spiro atoms. The van der Waals surface area contributed by atoms with Gasteiger partial charge in [-0.1, -0.05) is 30.3 Å². The third kappa shape index (κ3) is 5.82. The number of benzene rings is 2. The highest BCUT2D eigenvalue weighted by atomic mass is 32.2. The molecule has 3 rings (SSSR count). The fourth-order valence-electron chi connectivity index (χ4n) is 2.99. The van der Waals surface area contributed by atoms with Crippen molar-refractivity contribution in [1.29, 1.82) is 0 Å². The molecule has 0 radical (unpaired) electrons. The SMILES string of the molecule is O=C(C[C@@H]1CCS(=O)(=O)C1)NNC(=O)c1ccc(OCc2ccccc2)cc1. The first-order valence-corrected chi connectivity index (χ1v) is 10.8. The van der Waals surface area contributed by atoms with Crippen LogP contribution in [0.4, 0.5) is 0 Å². The number of hydrogen-bond donors (Lipinski definition) is 2. The standard InChI is InChI=1S/C20H22N2O5S/c23-19(12-16-10-11-28(25,26)14-16)21-22-20(24)17-6-8-18(9-7-17)27-13-15-4-2-1-3-5-15/h1-9,16H,10-14H2,(H,21,23)(H,22,24)/t16-/m0/s1. The average molecular weight is 402 g/mol. The molecule has 148 valence electrons. The van der Waals surface area contributed by atoms with E-state index in [2.05, 4.69) is 10.9 Å². The van der Waals surface area contributed by atoms with E-state index in [9.17, 15) is 18.0 Å². The van der Waals surface area contributed by atoms with Gasteiger partial charge in [0.1, 0.15) is 12.4 Å². The molecule has 8 heteroatoms. The number of amides is 2. The predicted octanol–water partition coefficient (Wildman–Crippen LogP) is 1.85. The molecular formula is C20H22N2O5S. The van der Waals surface area contributed by atoms with Crippen molar-refractivity contribution in [2.75, 3.05) is 11.5 Å². The second kappa shape index (κ2) is 8.88. The molecule has 1 aliphatic rings. The van der Waals surface area contributed by atoms with Crippen molar-refractivity contribution in [2.45, 2.75) is 19.4 Å². The van der Waals surface area contributed by atoms with E-state index in [1.54, 1.807) is 24.3 Å². The van der Waals surface area contributed by atoms with Gasteiger partial charge in [-0.2, -0.15) is 0 Å². The summed E-state index contributed by atoms with van der Waals surface area (Å²) in [4.78, 5) is 24.0. The van der Waals surface area contributed by atoms with Crippen LogP contribution in [-0.2, 0) is 21.2 Å². The lowest BCUT2D eigenvalue weighted by Crippen LogP contribution is -2.42. The molecule has 1 aliphatic heterocycles. The fraction of sp³-hybridized carbons (Fsp3) is 0.300. The van der Waals surface area contributed by atoms with E-state index in [0.29, 0.717) is 24.3 Å².